The van der Waals surface area contributed by atoms with Crippen LogP contribution >= 0.6 is 0 Å². The molecule has 0 radical (unpaired) electrons. The van der Waals surface area contributed by atoms with E-state index in [1.807, 2.05) is 30.3 Å². The van der Waals surface area contributed by atoms with Gasteiger partial charge in [-0.2, -0.15) is 0 Å². The standard InChI is InChI=1S/C16H16N2O2/c1-19-13-6-7-15-14(10-13)18-16(20-15)12-4-2-11(3-5-12)8-9-17/h2-7,10H,8-9,17H2,1H3. The molecule has 0 spiro atoms. The first-order chi connectivity index (χ1) is 9.80. The Balaban J connectivity index is 1.96. The van der Waals surface area contributed by atoms with Gasteiger partial charge in [-0.05, 0) is 42.8 Å². The van der Waals surface area contributed by atoms with E-state index < -0.39 is 0 Å². The van der Waals surface area contributed by atoms with Crippen molar-refractivity contribution in [2.45, 2.75) is 6.42 Å². The monoisotopic (exact) mass is 268 g/mol. The molecule has 0 aliphatic rings. The van der Waals surface area contributed by atoms with Crippen molar-refractivity contribution in [1.29, 1.82) is 0 Å². The van der Waals surface area contributed by atoms with Gasteiger partial charge in [0, 0.05) is 11.6 Å². The van der Waals surface area contributed by atoms with Crippen molar-refractivity contribution in [2.75, 3.05) is 13.7 Å². The third-order valence-electron chi connectivity index (χ3n) is 3.23. The fourth-order valence-electron chi connectivity index (χ4n) is 2.14. The Hall–Kier alpha value is -2.33. The average Bonchev–Trinajstić information content (AvgIpc) is 2.91. The number of aromatic nitrogens is 1. The molecule has 0 fully saturated rings. The highest BCUT2D eigenvalue weighted by Gasteiger charge is 2.09. The Bertz CT molecular complexity index is 717. The topological polar surface area (TPSA) is 61.3 Å². The van der Waals surface area contributed by atoms with E-state index in [1.54, 1.807) is 7.11 Å². The third-order valence-corrected chi connectivity index (χ3v) is 3.23. The van der Waals surface area contributed by atoms with Crippen molar-refractivity contribution in [3.8, 4) is 17.2 Å². The molecular weight excluding hydrogens is 252 g/mol. The Morgan fingerprint density at radius 3 is 2.65 bits per heavy atom. The van der Waals surface area contributed by atoms with Gasteiger partial charge in [-0.1, -0.05) is 12.1 Å². The van der Waals surface area contributed by atoms with Gasteiger partial charge in [0.25, 0.3) is 0 Å². The summed E-state index contributed by atoms with van der Waals surface area (Å²) in [6.45, 7) is 0.655. The van der Waals surface area contributed by atoms with Crippen LogP contribution in [0.25, 0.3) is 22.6 Å². The lowest BCUT2D eigenvalue weighted by Gasteiger charge is -1.99. The summed E-state index contributed by atoms with van der Waals surface area (Å²) < 4.78 is 10.9. The number of nitrogens with two attached hydrogens (primary N) is 1. The Labute approximate surface area is 117 Å². The van der Waals surface area contributed by atoms with Crippen molar-refractivity contribution in [1.82, 2.24) is 4.98 Å². The second-order valence-corrected chi connectivity index (χ2v) is 4.59. The van der Waals surface area contributed by atoms with Crippen LogP contribution in [0, 0.1) is 0 Å². The van der Waals surface area contributed by atoms with Crippen LogP contribution in [-0.2, 0) is 6.42 Å². The van der Waals surface area contributed by atoms with Gasteiger partial charge in [0.05, 0.1) is 7.11 Å². The number of rotatable bonds is 4. The quantitative estimate of drug-likeness (QED) is 0.790. The summed E-state index contributed by atoms with van der Waals surface area (Å²) in [5.74, 6) is 1.39. The molecule has 20 heavy (non-hydrogen) atoms. The summed E-state index contributed by atoms with van der Waals surface area (Å²) in [6, 6.07) is 13.7. The number of hydrogen-bond acceptors (Lipinski definition) is 4. The highest BCUT2D eigenvalue weighted by atomic mass is 16.5. The summed E-state index contributed by atoms with van der Waals surface area (Å²) >= 11 is 0. The molecule has 0 bridgehead atoms. The largest absolute Gasteiger partial charge is 0.497 e. The van der Waals surface area contributed by atoms with Crippen molar-refractivity contribution in [3.63, 3.8) is 0 Å². The van der Waals surface area contributed by atoms with Gasteiger partial charge >= 0.3 is 0 Å². The molecule has 0 aliphatic carbocycles. The molecule has 3 rings (SSSR count). The number of ether oxygens (including phenoxy) is 1. The molecule has 0 amide bonds. The fraction of sp³-hybridized carbons (Fsp3) is 0.188. The smallest absolute Gasteiger partial charge is 0.227 e. The first-order valence-corrected chi connectivity index (χ1v) is 6.54. The van der Waals surface area contributed by atoms with E-state index in [4.69, 9.17) is 14.9 Å². The van der Waals surface area contributed by atoms with E-state index >= 15 is 0 Å². The number of oxazole rings is 1. The van der Waals surface area contributed by atoms with Gasteiger partial charge in [-0.3, -0.25) is 0 Å². The molecule has 1 heterocycles. The lowest BCUT2D eigenvalue weighted by Crippen LogP contribution is -2.02. The Morgan fingerprint density at radius 1 is 1.15 bits per heavy atom. The maximum absolute atomic E-state index is 5.76. The lowest BCUT2D eigenvalue weighted by atomic mass is 10.1. The van der Waals surface area contributed by atoms with Crippen molar-refractivity contribution >= 4 is 11.1 Å². The normalized spacial score (nSPS) is 10.9. The number of nitrogens with zero attached hydrogens (tertiary/aromatic N) is 1. The van der Waals surface area contributed by atoms with Gasteiger partial charge < -0.3 is 14.9 Å². The predicted molar refractivity (Wildman–Crippen MR) is 78.8 cm³/mol. The molecule has 1 aromatic heterocycles. The predicted octanol–water partition coefficient (Wildman–Crippen LogP) is 3.00. The zero-order chi connectivity index (χ0) is 13.9. The second-order valence-electron chi connectivity index (χ2n) is 4.59. The first-order valence-electron chi connectivity index (χ1n) is 6.54. The summed E-state index contributed by atoms with van der Waals surface area (Å²) in [6.07, 6.45) is 0.880. The Kier molecular flexibility index (Phi) is 3.39. The summed E-state index contributed by atoms with van der Waals surface area (Å²) in [7, 11) is 1.64. The minimum Gasteiger partial charge on any atom is -0.497 e. The van der Waals surface area contributed by atoms with Crippen LogP contribution in [-0.4, -0.2) is 18.6 Å². The number of fused-ring (bicyclic) bond motifs is 1. The van der Waals surface area contributed by atoms with Crippen LogP contribution < -0.4 is 10.5 Å². The average molecular weight is 268 g/mol. The zero-order valence-corrected chi connectivity index (χ0v) is 11.3. The second kappa shape index (κ2) is 5.35. The van der Waals surface area contributed by atoms with E-state index in [1.165, 1.54) is 5.56 Å². The maximum Gasteiger partial charge on any atom is 0.227 e. The lowest BCUT2D eigenvalue weighted by molar-refractivity contribution is 0.415. The molecule has 4 nitrogen and oxygen atoms in total. The van der Waals surface area contributed by atoms with Gasteiger partial charge in [-0.25, -0.2) is 4.98 Å². The van der Waals surface area contributed by atoms with Crippen molar-refractivity contribution in [2.24, 2.45) is 5.73 Å². The van der Waals surface area contributed by atoms with Crippen LogP contribution in [0.15, 0.2) is 46.9 Å². The van der Waals surface area contributed by atoms with Crippen LogP contribution in [0.4, 0.5) is 0 Å². The SMILES string of the molecule is COc1ccc2oc(-c3ccc(CCN)cc3)nc2c1. The zero-order valence-electron chi connectivity index (χ0n) is 11.3. The van der Waals surface area contributed by atoms with E-state index in [0.717, 1.165) is 28.8 Å². The van der Waals surface area contributed by atoms with Gasteiger partial charge in [0.15, 0.2) is 5.58 Å². The molecule has 0 saturated carbocycles. The van der Waals surface area contributed by atoms with E-state index in [-0.39, 0.29) is 0 Å². The molecule has 0 unspecified atom stereocenters. The molecular formula is C16H16N2O2. The number of methoxy groups -OCH3 is 1. The highest BCUT2D eigenvalue weighted by molar-refractivity contribution is 5.77. The molecule has 102 valence electrons. The van der Waals surface area contributed by atoms with Gasteiger partial charge in [0.2, 0.25) is 5.89 Å². The van der Waals surface area contributed by atoms with Crippen LogP contribution in [0.5, 0.6) is 5.75 Å². The van der Waals surface area contributed by atoms with Crippen LogP contribution in [0.2, 0.25) is 0 Å². The van der Waals surface area contributed by atoms with E-state index in [0.29, 0.717) is 12.4 Å². The summed E-state index contributed by atoms with van der Waals surface area (Å²) in [5.41, 5.74) is 9.27. The minimum absolute atomic E-state index is 0.618. The molecule has 0 atom stereocenters. The molecule has 3 aromatic rings. The van der Waals surface area contributed by atoms with Crippen LogP contribution in [0.3, 0.4) is 0 Å². The van der Waals surface area contributed by atoms with Crippen molar-refractivity contribution < 1.29 is 9.15 Å². The molecule has 4 heteroatoms. The fourth-order valence-corrected chi connectivity index (χ4v) is 2.14. The van der Waals surface area contributed by atoms with E-state index in [2.05, 4.69) is 17.1 Å². The first kappa shape index (κ1) is 12.7. The van der Waals surface area contributed by atoms with Gasteiger partial charge in [0.1, 0.15) is 11.3 Å². The molecule has 2 aromatic carbocycles. The Morgan fingerprint density at radius 2 is 1.95 bits per heavy atom. The summed E-state index contributed by atoms with van der Waals surface area (Å²) in [5, 5.41) is 0. The number of benzene rings is 2. The highest BCUT2D eigenvalue weighted by Crippen LogP contribution is 2.27. The maximum atomic E-state index is 5.76. The van der Waals surface area contributed by atoms with Crippen molar-refractivity contribution in [3.05, 3.63) is 48.0 Å². The van der Waals surface area contributed by atoms with E-state index in [9.17, 15) is 0 Å². The summed E-state index contributed by atoms with van der Waals surface area (Å²) in [4.78, 5) is 4.50. The molecule has 0 saturated heterocycles. The molecule has 2 N–H and O–H groups in total. The van der Waals surface area contributed by atoms with Gasteiger partial charge in [-0.15, -0.1) is 0 Å². The minimum atomic E-state index is 0.618. The number of hydrogen-bond donors (Lipinski definition) is 1. The third kappa shape index (κ3) is 2.38. The molecule has 0 aliphatic heterocycles. The van der Waals surface area contributed by atoms with Crippen LogP contribution in [0.1, 0.15) is 5.56 Å².